The summed E-state index contributed by atoms with van der Waals surface area (Å²) in [6.07, 6.45) is 1.26. The van der Waals surface area contributed by atoms with Crippen LogP contribution in [0.5, 0.6) is 17.4 Å². The molecule has 0 bridgehead atoms. The van der Waals surface area contributed by atoms with Crippen molar-refractivity contribution >= 4 is 26.9 Å². The number of hydrogen-bond acceptors (Lipinski definition) is 7. The standard InChI is InChI=1S/C38H33F4N3O6S/c1-5-50-35(46)16-11-24-7-6-8-27(36(24)41)23(3)31-21-34(49-4)45(43-31)33-19-25(12-15-29(33)39)51-38-30(40)20-32-28(37(38)42)17-18-44(32)52(47,48)26-13-9-22(2)10-14-26/h6-10,12-15,17-21,23H,5,11,16H2,1-4H3. The van der Waals surface area contributed by atoms with Gasteiger partial charge in [0.05, 0.1) is 29.8 Å². The first kappa shape index (κ1) is 36.2. The molecule has 1 atom stereocenters. The quantitative estimate of drug-likeness (QED) is 0.0920. The van der Waals surface area contributed by atoms with E-state index >= 15 is 17.6 Å². The molecule has 2 heterocycles. The lowest BCUT2D eigenvalue weighted by Gasteiger charge is -2.14. The summed E-state index contributed by atoms with van der Waals surface area (Å²) in [5.41, 5.74) is 1.31. The van der Waals surface area contributed by atoms with Gasteiger partial charge in [-0.1, -0.05) is 42.8 Å². The number of hydrogen-bond donors (Lipinski definition) is 0. The van der Waals surface area contributed by atoms with Gasteiger partial charge in [-0.15, -0.1) is 0 Å². The van der Waals surface area contributed by atoms with E-state index in [1.165, 1.54) is 31.4 Å². The molecule has 0 amide bonds. The fraction of sp³-hybridized carbons (Fsp3) is 0.211. The fourth-order valence-electron chi connectivity index (χ4n) is 5.80. The molecule has 6 aromatic rings. The van der Waals surface area contributed by atoms with Crippen LogP contribution in [-0.4, -0.2) is 41.9 Å². The third kappa shape index (κ3) is 6.85. The van der Waals surface area contributed by atoms with Crippen molar-refractivity contribution in [3.63, 3.8) is 0 Å². The van der Waals surface area contributed by atoms with E-state index in [1.807, 2.05) is 0 Å². The maximum absolute atomic E-state index is 15.8. The summed E-state index contributed by atoms with van der Waals surface area (Å²) in [7, 11) is -2.85. The highest BCUT2D eigenvalue weighted by molar-refractivity contribution is 7.90. The van der Waals surface area contributed by atoms with E-state index in [-0.39, 0.29) is 58.1 Å². The summed E-state index contributed by atoms with van der Waals surface area (Å²) in [5.74, 6) is -5.68. The molecule has 14 heteroatoms. The minimum atomic E-state index is -4.18. The molecule has 270 valence electrons. The lowest BCUT2D eigenvalue weighted by molar-refractivity contribution is -0.143. The Morgan fingerprint density at radius 3 is 2.38 bits per heavy atom. The lowest BCUT2D eigenvalue weighted by Crippen LogP contribution is -2.12. The maximum Gasteiger partial charge on any atom is 0.306 e. The number of carbonyl (C=O) groups is 1. The van der Waals surface area contributed by atoms with Crippen LogP contribution in [0.3, 0.4) is 0 Å². The number of nitrogens with zero attached hydrogens (tertiary/aromatic N) is 3. The van der Waals surface area contributed by atoms with E-state index in [9.17, 15) is 13.2 Å². The summed E-state index contributed by atoms with van der Waals surface area (Å²) in [4.78, 5) is 11.8. The van der Waals surface area contributed by atoms with Crippen molar-refractivity contribution in [1.29, 1.82) is 0 Å². The second-order valence-electron chi connectivity index (χ2n) is 11.9. The van der Waals surface area contributed by atoms with Gasteiger partial charge in [0.25, 0.3) is 10.0 Å². The number of halogens is 4. The number of fused-ring (bicyclic) bond motifs is 1. The molecule has 0 aliphatic heterocycles. The first-order chi connectivity index (χ1) is 24.8. The zero-order valence-electron chi connectivity index (χ0n) is 28.5. The van der Waals surface area contributed by atoms with E-state index in [1.54, 1.807) is 51.1 Å². The van der Waals surface area contributed by atoms with E-state index in [0.29, 0.717) is 11.3 Å². The molecule has 0 aliphatic carbocycles. The van der Waals surface area contributed by atoms with Crippen LogP contribution in [0.2, 0.25) is 0 Å². The summed E-state index contributed by atoms with van der Waals surface area (Å²) in [5, 5.41) is 4.26. The highest BCUT2D eigenvalue weighted by atomic mass is 32.2. The molecular weight excluding hydrogens is 702 g/mol. The Balaban J connectivity index is 1.30. The number of carbonyl (C=O) groups excluding carboxylic acids is 1. The van der Waals surface area contributed by atoms with Gasteiger partial charge in [-0.2, -0.15) is 9.78 Å². The number of rotatable bonds is 12. The predicted octanol–water partition coefficient (Wildman–Crippen LogP) is 8.38. The maximum atomic E-state index is 15.8. The molecule has 1 unspecified atom stereocenters. The van der Waals surface area contributed by atoms with Gasteiger partial charge < -0.3 is 14.2 Å². The minimum absolute atomic E-state index is 0.00700. The summed E-state index contributed by atoms with van der Waals surface area (Å²) < 4.78 is 107. The molecule has 0 spiro atoms. The van der Waals surface area contributed by atoms with Crippen LogP contribution in [0.1, 0.15) is 48.6 Å². The van der Waals surface area contributed by atoms with Crippen LogP contribution in [0, 0.1) is 30.2 Å². The van der Waals surface area contributed by atoms with Gasteiger partial charge in [-0.3, -0.25) is 4.79 Å². The molecule has 9 nitrogen and oxygen atoms in total. The van der Waals surface area contributed by atoms with E-state index in [2.05, 4.69) is 5.10 Å². The summed E-state index contributed by atoms with van der Waals surface area (Å²) >= 11 is 0. The monoisotopic (exact) mass is 735 g/mol. The Hall–Kier alpha value is -5.63. The second-order valence-corrected chi connectivity index (χ2v) is 13.8. The van der Waals surface area contributed by atoms with Gasteiger partial charge >= 0.3 is 5.97 Å². The van der Waals surface area contributed by atoms with Crippen LogP contribution in [-0.2, 0) is 26.0 Å². The molecule has 0 aliphatic rings. The van der Waals surface area contributed by atoms with Crippen LogP contribution in [0.15, 0.2) is 90.0 Å². The van der Waals surface area contributed by atoms with Crippen molar-refractivity contribution in [3.05, 3.63) is 131 Å². The Labute approximate surface area is 297 Å². The zero-order valence-corrected chi connectivity index (χ0v) is 29.3. The highest BCUT2D eigenvalue weighted by Crippen LogP contribution is 2.37. The number of aromatic nitrogens is 3. The predicted molar refractivity (Wildman–Crippen MR) is 185 cm³/mol. The molecule has 6 rings (SSSR count). The molecule has 0 fully saturated rings. The SMILES string of the molecule is CCOC(=O)CCc1cccc(C(C)c2cc(OC)n(-c3cc(Oc4c(F)cc5c(ccn5S(=O)(=O)c5ccc(C)cc5)c4F)ccc3F)n2)c1F. The molecule has 52 heavy (non-hydrogen) atoms. The van der Waals surface area contributed by atoms with Gasteiger partial charge in [-0.05, 0) is 61.7 Å². The van der Waals surface area contributed by atoms with E-state index in [4.69, 9.17) is 14.2 Å². The smallest absolute Gasteiger partial charge is 0.306 e. The Morgan fingerprint density at radius 2 is 1.67 bits per heavy atom. The molecule has 2 aromatic heterocycles. The van der Waals surface area contributed by atoms with Gasteiger partial charge in [0.15, 0.2) is 17.4 Å². The number of methoxy groups -OCH3 is 1. The van der Waals surface area contributed by atoms with Crippen molar-refractivity contribution in [2.45, 2.75) is 44.4 Å². The van der Waals surface area contributed by atoms with Crippen molar-refractivity contribution in [2.24, 2.45) is 0 Å². The number of benzene rings is 4. The summed E-state index contributed by atoms with van der Waals surface area (Å²) in [6, 6.07) is 17.7. The van der Waals surface area contributed by atoms with Crippen LogP contribution in [0.4, 0.5) is 17.6 Å². The van der Waals surface area contributed by atoms with Crippen molar-refractivity contribution in [1.82, 2.24) is 13.8 Å². The molecule has 0 N–H and O–H groups in total. The normalized spacial score (nSPS) is 12.2. The number of ether oxygens (including phenoxy) is 3. The van der Waals surface area contributed by atoms with Crippen LogP contribution < -0.4 is 9.47 Å². The Bertz CT molecular complexity index is 2410. The van der Waals surface area contributed by atoms with Gasteiger partial charge in [-0.25, -0.2) is 30.0 Å². The van der Waals surface area contributed by atoms with Crippen molar-refractivity contribution in [2.75, 3.05) is 13.7 Å². The molecule has 0 saturated carbocycles. The van der Waals surface area contributed by atoms with E-state index < -0.39 is 50.9 Å². The molecule has 0 radical (unpaired) electrons. The number of esters is 1. The fourth-order valence-corrected chi connectivity index (χ4v) is 7.13. The largest absolute Gasteiger partial charge is 0.481 e. The van der Waals surface area contributed by atoms with Gasteiger partial charge in [0.2, 0.25) is 5.88 Å². The lowest BCUT2D eigenvalue weighted by atomic mass is 9.94. The summed E-state index contributed by atoms with van der Waals surface area (Å²) in [6.45, 7) is 5.41. The van der Waals surface area contributed by atoms with Crippen LogP contribution in [0.25, 0.3) is 16.6 Å². The number of aryl methyl sites for hydroxylation is 2. The first-order valence-electron chi connectivity index (χ1n) is 16.2. The van der Waals surface area contributed by atoms with Gasteiger partial charge in [0, 0.05) is 42.1 Å². The van der Waals surface area contributed by atoms with Crippen molar-refractivity contribution < 1.29 is 45.0 Å². The van der Waals surface area contributed by atoms with Crippen LogP contribution >= 0.6 is 0 Å². The topological polar surface area (TPSA) is 102 Å². The average molecular weight is 736 g/mol. The first-order valence-corrected chi connectivity index (χ1v) is 17.6. The van der Waals surface area contributed by atoms with E-state index in [0.717, 1.165) is 44.7 Å². The molecule has 4 aromatic carbocycles. The molecular formula is C38H33F4N3O6S. The average Bonchev–Trinajstić information content (AvgIpc) is 3.76. The third-order valence-electron chi connectivity index (χ3n) is 8.58. The Morgan fingerprint density at radius 1 is 0.923 bits per heavy atom. The molecule has 0 saturated heterocycles. The third-order valence-corrected chi connectivity index (χ3v) is 10.3. The second kappa shape index (κ2) is 14.5. The highest BCUT2D eigenvalue weighted by Gasteiger charge is 2.26. The van der Waals surface area contributed by atoms with Crippen molar-refractivity contribution in [3.8, 4) is 23.1 Å². The zero-order chi connectivity index (χ0) is 37.3. The van der Waals surface area contributed by atoms with Gasteiger partial charge in [0.1, 0.15) is 23.1 Å². The Kier molecular flexibility index (Phi) is 10.1. The minimum Gasteiger partial charge on any atom is -0.481 e.